The van der Waals surface area contributed by atoms with E-state index in [1.165, 1.54) is 148 Å². The molecule has 0 bridgehead atoms. The van der Waals surface area contributed by atoms with Crippen LogP contribution in [0.1, 0.15) is 213 Å². The number of carbonyl (C=O) groups excluding carboxylic acids is 1. The molecule has 310 valence electrons. The van der Waals surface area contributed by atoms with Crippen LogP contribution in [0.2, 0.25) is 0 Å². The summed E-state index contributed by atoms with van der Waals surface area (Å²) in [7, 11) is 0. The number of amides is 1. The minimum absolute atomic E-state index is 0.133. The number of carbonyl (C=O) groups is 1. The molecule has 6 N–H and O–H groups in total. The maximum atomic E-state index is 12.8. The van der Waals surface area contributed by atoms with Crippen LogP contribution in [0, 0.1) is 0 Å². The van der Waals surface area contributed by atoms with Gasteiger partial charge in [-0.1, -0.05) is 194 Å². The Balaban J connectivity index is 2.21. The molecule has 0 saturated carbocycles. The molecular formula is C43H85NO8. The molecule has 1 saturated heterocycles. The summed E-state index contributed by atoms with van der Waals surface area (Å²) < 4.78 is 11.2. The molecule has 0 spiro atoms. The molecule has 1 heterocycles. The Morgan fingerprint density at radius 3 is 1.37 bits per heavy atom. The van der Waals surface area contributed by atoms with Crippen molar-refractivity contribution in [1.29, 1.82) is 0 Å². The van der Waals surface area contributed by atoms with Crippen molar-refractivity contribution in [2.24, 2.45) is 0 Å². The van der Waals surface area contributed by atoms with Crippen LogP contribution in [0.15, 0.2) is 0 Å². The zero-order valence-corrected chi connectivity index (χ0v) is 33.8. The highest BCUT2D eigenvalue weighted by Crippen LogP contribution is 2.23. The Labute approximate surface area is 319 Å². The fourth-order valence-electron chi connectivity index (χ4n) is 7.34. The van der Waals surface area contributed by atoms with E-state index in [0.29, 0.717) is 12.8 Å². The van der Waals surface area contributed by atoms with E-state index in [-0.39, 0.29) is 12.5 Å². The Morgan fingerprint density at radius 1 is 0.577 bits per heavy atom. The zero-order valence-electron chi connectivity index (χ0n) is 33.8. The lowest BCUT2D eigenvalue weighted by Gasteiger charge is -2.40. The summed E-state index contributed by atoms with van der Waals surface area (Å²) in [5.41, 5.74) is 0. The molecular weight excluding hydrogens is 658 g/mol. The van der Waals surface area contributed by atoms with E-state index in [1.54, 1.807) is 0 Å². The van der Waals surface area contributed by atoms with Crippen molar-refractivity contribution in [1.82, 2.24) is 5.32 Å². The Bertz CT molecular complexity index is 786. The molecule has 0 aromatic heterocycles. The predicted octanol–water partition coefficient (Wildman–Crippen LogP) is 8.78. The summed E-state index contributed by atoms with van der Waals surface area (Å²) in [6.45, 7) is 3.79. The van der Waals surface area contributed by atoms with Gasteiger partial charge in [-0.15, -0.1) is 0 Å². The van der Waals surface area contributed by atoms with E-state index >= 15 is 0 Å². The molecule has 7 unspecified atom stereocenters. The largest absolute Gasteiger partial charge is 0.394 e. The monoisotopic (exact) mass is 744 g/mol. The van der Waals surface area contributed by atoms with Gasteiger partial charge in [0.1, 0.15) is 24.4 Å². The Hall–Kier alpha value is -0.810. The fraction of sp³-hybridized carbons (Fsp3) is 0.977. The topological polar surface area (TPSA) is 149 Å². The first-order chi connectivity index (χ1) is 25.3. The van der Waals surface area contributed by atoms with E-state index < -0.39 is 49.5 Å². The first-order valence-corrected chi connectivity index (χ1v) is 22.2. The number of aliphatic hydroxyl groups is 5. The summed E-state index contributed by atoms with van der Waals surface area (Å²) in [6.07, 6.45) is 30.0. The van der Waals surface area contributed by atoms with Crippen LogP contribution in [0.25, 0.3) is 0 Å². The molecule has 1 rings (SSSR count). The third-order valence-electron chi connectivity index (χ3n) is 11.0. The van der Waals surface area contributed by atoms with Crippen LogP contribution in [0.5, 0.6) is 0 Å². The minimum atomic E-state index is -1.55. The van der Waals surface area contributed by atoms with E-state index in [1.807, 2.05) is 0 Å². The molecule has 9 heteroatoms. The molecule has 0 radical (unpaired) electrons. The Kier molecular flexibility index (Phi) is 32.8. The smallest absolute Gasteiger partial charge is 0.220 e. The van der Waals surface area contributed by atoms with Crippen LogP contribution in [-0.4, -0.2) is 87.5 Å². The maximum absolute atomic E-state index is 12.8. The molecule has 0 aromatic rings. The second-order valence-corrected chi connectivity index (χ2v) is 15.9. The standard InChI is InChI=1S/C43H85NO8/c1-3-5-7-9-11-12-13-14-15-16-17-18-19-20-21-22-23-24-25-27-28-30-32-37(46)36(44-39(47)33-31-29-26-10-8-6-4-2)35-51-43-42(50)41(49)40(48)38(34-45)52-43/h36-38,40-43,45-46,48-50H,3-35H2,1-2H3,(H,44,47). The molecule has 52 heavy (non-hydrogen) atoms. The van der Waals surface area contributed by atoms with E-state index in [9.17, 15) is 30.3 Å². The van der Waals surface area contributed by atoms with Crippen LogP contribution >= 0.6 is 0 Å². The molecule has 1 aliphatic rings. The third-order valence-corrected chi connectivity index (χ3v) is 11.0. The number of hydrogen-bond acceptors (Lipinski definition) is 8. The van der Waals surface area contributed by atoms with Gasteiger partial charge >= 0.3 is 0 Å². The third kappa shape index (κ3) is 25.3. The predicted molar refractivity (Wildman–Crippen MR) is 212 cm³/mol. The molecule has 1 amide bonds. The van der Waals surface area contributed by atoms with E-state index in [0.717, 1.165) is 38.5 Å². The summed E-state index contributed by atoms with van der Waals surface area (Å²) >= 11 is 0. The zero-order chi connectivity index (χ0) is 38.1. The van der Waals surface area contributed by atoms with Crippen molar-refractivity contribution in [3.05, 3.63) is 0 Å². The quantitative estimate of drug-likeness (QED) is 0.0346. The van der Waals surface area contributed by atoms with Gasteiger partial charge in [0.2, 0.25) is 5.91 Å². The Morgan fingerprint density at radius 2 is 0.962 bits per heavy atom. The lowest BCUT2D eigenvalue weighted by molar-refractivity contribution is -0.302. The van der Waals surface area contributed by atoms with Crippen LogP contribution in [0.3, 0.4) is 0 Å². The van der Waals surface area contributed by atoms with Gasteiger partial charge < -0.3 is 40.3 Å². The van der Waals surface area contributed by atoms with Crippen molar-refractivity contribution in [2.45, 2.75) is 256 Å². The van der Waals surface area contributed by atoms with Crippen LogP contribution < -0.4 is 5.32 Å². The first-order valence-electron chi connectivity index (χ1n) is 22.2. The highest BCUT2D eigenvalue weighted by Gasteiger charge is 2.44. The average Bonchev–Trinajstić information content (AvgIpc) is 3.14. The molecule has 1 fully saturated rings. The summed E-state index contributed by atoms with van der Waals surface area (Å²) in [5, 5.41) is 54.1. The number of nitrogens with one attached hydrogen (secondary N) is 1. The maximum Gasteiger partial charge on any atom is 0.220 e. The lowest BCUT2D eigenvalue weighted by atomic mass is 9.99. The van der Waals surface area contributed by atoms with Crippen LogP contribution in [0.4, 0.5) is 0 Å². The average molecular weight is 744 g/mol. The number of rotatable bonds is 37. The van der Waals surface area contributed by atoms with Gasteiger partial charge in [-0.05, 0) is 12.8 Å². The normalized spacial score (nSPS) is 21.7. The van der Waals surface area contributed by atoms with E-state index in [4.69, 9.17) is 9.47 Å². The van der Waals surface area contributed by atoms with Gasteiger partial charge in [0.15, 0.2) is 6.29 Å². The second kappa shape index (κ2) is 34.7. The number of aliphatic hydroxyl groups excluding tert-OH is 5. The fourth-order valence-corrected chi connectivity index (χ4v) is 7.34. The summed E-state index contributed by atoms with van der Waals surface area (Å²) in [5.74, 6) is -0.149. The van der Waals surface area contributed by atoms with E-state index in [2.05, 4.69) is 19.2 Å². The van der Waals surface area contributed by atoms with Gasteiger partial charge in [0.05, 0.1) is 25.4 Å². The highest BCUT2D eigenvalue weighted by atomic mass is 16.7. The van der Waals surface area contributed by atoms with Crippen molar-refractivity contribution in [3.63, 3.8) is 0 Å². The number of ether oxygens (including phenoxy) is 2. The van der Waals surface area contributed by atoms with Crippen molar-refractivity contribution in [2.75, 3.05) is 13.2 Å². The van der Waals surface area contributed by atoms with Gasteiger partial charge in [-0.3, -0.25) is 4.79 Å². The highest BCUT2D eigenvalue weighted by molar-refractivity contribution is 5.76. The number of unbranched alkanes of at least 4 members (excludes halogenated alkanes) is 27. The van der Waals surface area contributed by atoms with Gasteiger partial charge in [-0.2, -0.15) is 0 Å². The summed E-state index contributed by atoms with van der Waals surface area (Å²) in [6, 6.07) is -0.709. The van der Waals surface area contributed by atoms with Crippen LogP contribution in [-0.2, 0) is 14.3 Å². The molecule has 0 aromatic carbocycles. The SMILES string of the molecule is CCCCCCCCCCCCCCCCCCCCCCCCC(O)C(COC1OC(CO)C(O)C(O)C1O)NC(=O)CCCCCCCCC. The molecule has 0 aliphatic carbocycles. The van der Waals surface area contributed by atoms with Gasteiger partial charge in [0, 0.05) is 6.42 Å². The van der Waals surface area contributed by atoms with Gasteiger partial charge in [-0.25, -0.2) is 0 Å². The van der Waals surface area contributed by atoms with Crippen molar-refractivity contribution >= 4 is 5.91 Å². The lowest BCUT2D eigenvalue weighted by Crippen LogP contribution is -2.60. The van der Waals surface area contributed by atoms with Crippen molar-refractivity contribution < 1.29 is 39.8 Å². The molecule has 1 aliphatic heterocycles. The molecule has 7 atom stereocenters. The second-order valence-electron chi connectivity index (χ2n) is 15.9. The van der Waals surface area contributed by atoms with Gasteiger partial charge in [0.25, 0.3) is 0 Å². The minimum Gasteiger partial charge on any atom is -0.394 e. The first kappa shape index (κ1) is 49.2. The van der Waals surface area contributed by atoms with Crippen molar-refractivity contribution in [3.8, 4) is 0 Å². The summed E-state index contributed by atoms with van der Waals surface area (Å²) in [4.78, 5) is 12.8. The molecule has 9 nitrogen and oxygen atoms in total. The number of hydrogen-bond donors (Lipinski definition) is 6.